The molecule has 2 N–H and O–H groups in total. The molecule has 0 spiro atoms. The largest absolute Gasteiger partial charge is 0.392 e. The third-order valence-corrected chi connectivity index (χ3v) is 3.34. The maximum atomic E-state index is 11.8. The quantitative estimate of drug-likeness (QED) is 0.842. The van der Waals surface area contributed by atoms with Crippen LogP contribution in [0.4, 0.5) is 5.69 Å². The Morgan fingerprint density at radius 3 is 2.63 bits per heavy atom. The monoisotopic (exact) mass is 328 g/mol. The number of carbonyl (C=O) groups excluding carboxylic acids is 1. The fourth-order valence-electron chi connectivity index (χ4n) is 1.81. The lowest BCUT2D eigenvalue weighted by molar-refractivity contribution is -0.120. The van der Waals surface area contributed by atoms with E-state index in [-0.39, 0.29) is 18.6 Å². The minimum absolute atomic E-state index is 0.00925. The van der Waals surface area contributed by atoms with Gasteiger partial charge in [-0.1, -0.05) is 6.07 Å². The van der Waals surface area contributed by atoms with Crippen LogP contribution < -0.4 is 10.2 Å². The Balaban J connectivity index is 2.82. The van der Waals surface area contributed by atoms with E-state index < -0.39 is 0 Å². The number of nitrogens with zero attached hydrogens (tertiary/aromatic N) is 1. The van der Waals surface area contributed by atoms with E-state index in [9.17, 15) is 4.79 Å². The molecule has 0 atom stereocenters. The van der Waals surface area contributed by atoms with Gasteiger partial charge in [0.25, 0.3) is 0 Å². The Morgan fingerprint density at radius 1 is 1.47 bits per heavy atom. The Labute approximate surface area is 122 Å². The summed E-state index contributed by atoms with van der Waals surface area (Å²) in [7, 11) is 0. The van der Waals surface area contributed by atoms with E-state index in [1.807, 2.05) is 43.9 Å². The number of aliphatic hydroxyl groups excluding tert-OH is 1. The summed E-state index contributed by atoms with van der Waals surface area (Å²) >= 11 is 3.49. The van der Waals surface area contributed by atoms with E-state index in [1.54, 1.807) is 0 Å². The second-order valence-electron chi connectivity index (χ2n) is 4.68. The summed E-state index contributed by atoms with van der Waals surface area (Å²) in [6.45, 7) is 6.97. The molecule has 0 aliphatic heterocycles. The molecule has 0 unspecified atom stereocenters. The minimum Gasteiger partial charge on any atom is -0.392 e. The topological polar surface area (TPSA) is 52.6 Å². The fraction of sp³-hybridized carbons (Fsp3) is 0.500. The third kappa shape index (κ3) is 4.84. The van der Waals surface area contributed by atoms with Crippen molar-refractivity contribution in [3.8, 4) is 0 Å². The smallest absolute Gasteiger partial charge is 0.239 e. The number of hydrogen-bond donors (Lipinski definition) is 2. The van der Waals surface area contributed by atoms with E-state index in [4.69, 9.17) is 5.11 Å². The standard InChI is InChI=1S/C14H21BrN2O2/c1-4-17(8-14(19)16-10(2)3)13-6-5-11(9-18)7-12(13)15/h5-7,10,18H,4,8-9H2,1-3H3,(H,16,19). The first-order valence-corrected chi connectivity index (χ1v) is 7.20. The van der Waals surface area contributed by atoms with Crippen LogP contribution in [0, 0.1) is 0 Å². The number of likely N-dealkylation sites (N-methyl/N-ethyl adjacent to an activating group) is 1. The van der Waals surface area contributed by atoms with Crippen LogP contribution in [0.2, 0.25) is 0 Å². The molecule has 5 heteroatoms. The number of carbonyl (C=O) groups is 1. The van der Waals surface area contributed by atoms with E-state index in [0.717, 1.165) is 22.3 Å². The number of aliphatic hydroxyl groups is 1. The van der Waals surface area contributed by atoms with Crippen molar-refractivity contribution in [2.75, 3.05) is 18.0 Å². The molecule has 1 amide bonds. The molecule has 4 nitrogen and oxygen atoms in total. The van der Waals surface area contributed by atoms with Crippen LogP contribution in [0.3, 0.4) is 0 Å². The molecule has 1 rings (SSSR count). The molecule has 0 fully saturated rings. The molecule has 0 radical (unpaired) electrons. The zero-order chi connectivity index (χ0) is 14.4. The number of anilines is 1. The predicted octanol–water partition coefficient (Wildman–Crippen LogP) is 2.29. The van der Waals surface area contributed by atoms with Crippen LogP contribution in [-0.2, 0) is 11.4 Å². The molecule has 0 bridgehead atoms. The molecule has 0 saturated carbocycles. The second-order valence-corrected chi connectivity index (χ2v) is 5.53. The number of nitrogens with one attached hydrogen (secondary N) is 1. The molecule has 19 heavy (non-hydrogen) atoms. The van der Waals surface area contributed by atoms with Crippen LogP contribution >= 0.6 is 15.9 Å². The highest BCUT2D eigenvalue weighted by Crippen LogP contribution is 2.27. The molecule has 1 aromatic carbocycles. The van der Waals surface area contributed by atoms with Gasteiger partial charge in [-0.15, -0.1) is 0 Å². The zero-order valence-electron chi connectivity index (χ0n) is 11.6. The highest BCUT2D eigenvalue weighted by atomic mass is 79.9. The van der Waals surface area contributed by atoms with E-state index in [2.05, 4.69) is 21.2 Å². The highest BCUT2D eigenvalue weighted by molar-refractivity contribution is 9.10. The Hall–Kier alpha value is -1.07. The molecular formula is C14H21BrN2O2. The number of halogens is 1. The summed E-state index contributed by atoms with van der Waals surface area (Å²) in [5.41, 5.74) is 1.80. The predicted molar refractivity (Wildman–Crippen MR) is 81.2 cm³/mol. The maximum absolute atomic E-state index is 11.8. The molecule has 0 saturated heterocycles. The Kier molecular flexibility index (Phi) is 6.31. The van der Waals surface area contributed by atoms with E-state index >= 15 is 0 Å². The van der Waals surface area contributed by atoms with Gasteiger partial charge in [-0.25, -0.2) is 0 Å². The third-order valence-electron chi connectivity index (χ3n) is 2.70. The average molecular weight is 329 g/mol. The van der Waals surface area contributed by atoms with Gasteiger partial charge in [-0.3, -0.25) is 4.79 Å². The SMILES string of the molecule is CCN(CC(=O)NC(C)C)c1ccc(CO)cc1Br. The first-order valence-electron chi connectivity index (χ1n) is 6.41. The van der Waals surface area contributed by atoms with Gasteiger partial charge >= 0.3 is 0 Å². The summed E-state index contributed by atoms with van der Waals surface area (Å²) in [4.78, 5) is 13.8. The molecular weight excluding hydrogens is 308 g/mol. The fourth-order valence-corrected chi connectivity index (χ4v) is 2.49. The summed E-state index contributed by atoms with van der Waals surface area (Å²) in [6.07, 6.45) is 0. The minimum atomic E-state index is 0.00925. The summed E-state index contributed by atoms with van der Waals surface area (Å²) in [5, 5.41) is 12.0. The lowest BCUT2D eigenvalue weighted by atomic mass is 10.2. The lowest BCUT2D eigenvalue weighted by Crippen LogP contribution is -2.40. The van der Waals surface area contributed by atoms with Crippen molar-refractivity contribution in [2.24, 2.45) is 0 Å². The van der Waals surface area contributed by atoms with Crippen molar-refractivity contribution < 1.29 is 9.90 Å². The van der Waals surface area contributed by atoms with Crippen molar-refractivity contribution in [1.29, 1.82) is 0 Å². The van der Waals surface area contributed by atoms with Crippen LogP contribution in [0.1, 0.15) is 26.3 Å². The maximum Gasteiger partial charge on any atom is 0.239 e. The zero-order valence-corrected chi connectivity index (χ0v) is 13.2. The van der Waals surface area contributed by atoms with Crippen LogP contribution in [0.15, 0.2) is 22.7 Å². The van der Waals surface area contributed by atoms with Gasteiger partial charge in [0.2, 0.25) is 5.91 Å². The normalized spacial score (nSPS) is 10.6. The summed E-state index contributed by atoms with van der Waals surface area (Å²) in [6, 6.07) is 5.80. The number of benzene rings is 1. The first kappa shape index (κ1) is 16.0. The van der Waals surface area contributed by atoms with Gasteiger partial charge in [0, 0.05) is 17.1 Å². The Bertz CT molecular complexity index is 435. The van der Waals surface area contributed by atoms with Gasteiger partial charge in [0.1, 0.15) is 0 Å². The van der Waals surface area contributed by atoms with Crippen molar-refractivity contribution in [3.05, 3.63) is 28.2 Å². The molecule has 0 aromatic heterocycles. The van der Waals surface area contributed by atoms with Crippen molar-refractivity contribution in [2.45, 2.75) is 33.4 Å². The number of amides is 1. The van der Waals surface area contributed by atoms with Gasteiger partial charge in [-0.05, 0) is 54.4 Å². The van der Waals surface area contributed by atoms with Gasteiger partial charge in [0.15, 0.2) is 0 Å². The van der Waals surface area contributed by atoms with Gasteiger partial charge in [0.05, 0.1) is 18.8 Å². The summed E-state index contributed by atoms with van der Waals surface area (Å²) < 4.78 is 0.887. The van der Waals surface area contributed by atoms with Crippen molar-refractivity contribution in [1.82, 2.24) is 5.32 Å². The van der Waals surface area contributed by atoms with Crippen LogP contribution in [0.25, 0.3) is 0 Å². The van der Waals surface area contributed by atoms with E-state index in [0.29, 0.717) is 6.54 Å². The highest BCUT2D eigenvalue weighted by Gasteiger charge is 2.13. The molecule has 0 aliphatic carbocycles. The molecule has 0 aliphatic rings. The second kappa shape index (κ2) is 7.50. The lowest BCUT2D eigenvalue weighted by Gasteiger charge is -2.24. The van der Waals surface area contributed by atoms with Crippen LogP contribution in [-0.4, -0.2) is 30.1 Å². The summed E-state index contributed by atoms with van der Waals surface area (Å²) in [5.74, 6) is 0.00925. The van der Waals surface area contributed by atoms with E-state index in [1.165, 1.54) is 0 Å². The van der Waals surface area contributed by atoms with Gasteiger partial charge in [-0.2, -0.15) is 0 Å². The average Bonchev–Trinajstić information content (AvgIpc) is 2.35. The van der Waals surface area contributed by atoms with Crippen molar-refractivity contribution in [3.63, 3.8) is 0 Å². The first-order chi connectivity index (χ1) is 8.97. The van der Waals surface area contributed by atoms with Crippen LogP contribution in [0.5, 0.6) is 0 Å². The Morgan fingerprint density at radius 2 is 2.16 bits per heavy atom. The van der Waals surface area contributed by atoms with Crippen molar-refractivity contribution >= 4 is 27.5 Å². The molecule has 106 valence electrons. The molecule has 1 aromatic rings. The van der Waals surface area contributed by atoms with Gasteiger partial charge < -0.3 is 15.3 Å². The molecule has 0 heterocycles. The number of rotatable bonds is 6. The number of hydrogen-bond acceptors (Lipinski definition) is 3.